The molecule has 0 saturated heterocycles. The van der Waals surface area contributed by atoms with Gasteiger partial charge in [0, 0.05) is 18.8 Å². The summed E-state index contributed by atoms with van der Waals surface area (Å²) in [6.45, 7) is 0. The van der Waals surface area contributed by atoms with Crippen molar-refractivity contribution in [2.45, 2.75) is 12.8 Å². The highest BCUT2D eigenvalue weighted by Gasteiger charge is 2.06. The Hall–Kier alpha value is -0.880. The number of nitrogens with zero attached hydrogens (tertiary/aromatic N) is 2. The molecule has 2 heterocycles. The van der Waals surface area contributed by atoms with Crippen molar-refractivity contribution in [2.75, 3.05) is 0 Å². The Labute approximate surface area is 92.3 Å². The van der Waals surface area contributed by atoms with Gasteiger partial charge in [0.05, 0.1) is 15.9 Å². The van der Waals surface area contributed by atoms with Crippen molar-refractivity contribution >= 4 is 38.2 Å². The number of imidazole rings is 1. The Morgan fingerprint density at radius 1 is 1.64 bits per heavy atom. The van der Waals surface area contributed by atoms with E-state index < -0.39 is 5.97 Å². The highest BCUT2D eigenvalue weighted by molar-refractivity contribution is 9.11. The summed E-state index contributed by atoms with van der Waals surface area (Å²) in [7, 11) is 0. The van der Waals surface area contributed by atoms with Gasteiger partial charge in [0.15, 0.2) is 4.96 Å². The highest BCUT2D eigenvalue weighted by Crippen LogP contribution is 2.22. The Balaban J connectivity index is 2.19. The third kappa shape index (κ3) is 1.96. The zero-order valence-corrected chi connectivity index (χ0v) is 9.51. The maximum Gasteiger partial charge on any atom is 0.303 e. The Bertz CT molecular complexity index is 445. The maximum absolute atomic E-state index is 10.3. The normalized spacial score (nSPS) is 10.9. The number of thiazole rings is 1. The van der Waals surface area contributed by atoms with E-state index in [2.05, 4.69) is 20.9 Å². The highest BCUT2D eigenvalue weighted by atomic mass is 79.9. The van der Waals surface area contributed by atoms with Crippen molar-refractivity contribution in [1.82, 2.24) is 9.38 Å². The minimum absolute atomic E-state index is 0.131. The van der Waals surface area contributed by atoms with Crippen LogP contribution >= 0.6 is 27.3 Å². The van der Waals surface area contributed by atoms with Gasteiger partial charge in [0.25, 0.3) is 0 Å². The summed E-state index contributed by atoms with van der Waals surface area (Å²) in [6, 6.07) is 0. The number of aromatic nitrogens is 2. The standard InChI is InChI=1S/C8H7BrN2O2S/c9-6-4-11-3-5(1-2-7(12)13)10-8(11)14-6/h3-4H,1-2H2,(H,12,13). The van der Waals surface area contributed by atoms with Crippen LogP contribution in [0.25, 0.3) is 4.96 Å². The Morgan fingerprint density at radius 3 is 3.07 bits per heavy atom. The summed E-state index contributed by atoms with van der Waals surface area (Å²) in [4.78, 5) is 15.5. The SMILES string of the molecule is O=C(O)CCc1cn2cc(Br)sc2n1. The van der Waals surface area contributed by atoms with E-state index >= 15 is 0 Å². The van der Waals surface area contributed by atoms with Crippen LogP contribution < -0.4 is 0 Å². The minimum Gasteiger partial charge on any atom is -0.481 e. The molecule has 6 heteroatoms. The molecule has 0 aliphatic carbocycles. The zero-order chi connectivity index (χ0) is 10.1. The second-order valence-electron chi connectivity index (χ2n) is 2.85. The van der Waals surface area contributed by atoms with Crippen molar-refractivity contribution in [3.63, 3.8) is 0 Å². The molecule has 0 atom stereocenters. The molecular weight excluding hydrogens is 268 g/mol. The van der Waals surface area contributed by atoms with Crippen LogP contribution in [0.5, 0.6) is 0 Å². The van der Waals surface area contributed by atoms with E-state index in [4.69, 9.17) is 5.11 Å². The molecule has 0 unspecified atom stereocenters. The molecule has 0 saturated carbocycles. The lowest BCUT2D eigenvalue weighted by Crippen LogP contribution is -1.97. The number of hydrogen-bond donors (Lipinski definition) is 1. The number of aliphatic carboxylic acids is 1. The predicted molar refractivity (Wildman–Crippen MR) is 56.7 cm³/mol. The molecule has 14 heavy (non-hydrogen) atoms. The van der Waals surface area contributed by atoms with Crippen LogP contribution in [0.3, 0.4) is 0 Å². The van der Waals surface area contributed by atoms with Crippen molar-refractivity contribution in [2.24, 2.45) is 0 Å². The monoisotopic (exact) mass is 274 g/mol. The molecule has 0 spiro atoms. The fourth-order valence-corrected chi connectivity index (χ4v) is 2.54. The molecule has 2 aromatic rings. The summed E-state index contributed by atoms with van der Waals surface area (Å²) in [5, 5.41) is 8.50. The molecule has 0 aromatic carbocycles. The van der Waals surface area contributed by atoms with Gasteiger partial charge in [-0.25, -0.2) is 4.98 Å². The van der Waals surface area contributed by atoms with Crippen LogP contribution in [0, 0.1) is 0 Å². The molecular formula is C8H7BrN2O2S. The minimum atomic E-state index is -0.789. The van der Waals surface area contributed by atoms with Gasteiger partial charge in [-0.2, -0.15) is 0 Å². The van der Waals surface area contributed by atoms with Crippen LogP contribution in [0.15, 0.2) is 16.2 Å². The maximum atomic E-state index is 10.3. The molecule has 2 rings (SSSR count). The number of rotatable bonds is 3. The largest absolute Gasteiger partial charge is 0.481 e. The molecule has 0 bridgehead atoms. The van der Waals surface area contributed by atoms with Crippen molar-refractivity contribution in [3.8, 4) is 0 Å². The number of carboxylic acid groups (broad SMARTS) is 1. The third-order valence-electron chi connectivity index (χ3n) is 1.77. The Morgan fingerprint density at radius 2 is 2.43 bits per heavy atom. The lowest BCUT2D eigenvalue weighted by molar-refractivity contribution is -0.136. The molecule has 74 valence electrons. The van der Waals surface area contributed by atoms with Crippen molar-refractivity contribution in [1.29, 1.82) is 0 Å². The van der Waals surface area contributed by atoms with Crippen LogP contribution in [0.1, 0.15) is 12.1 Å². The summed E-state index contributed by atoms with van der Waals surface area (Å²) in [6.07, 6.45) is 4.39. The second-order valence-corrected chi connectivity index (χ2v) is 5.24. The zero-order valence-electron chi connectivity index (χ0n) is 7.11. The molecule has 0 radical (unpaired) electrons. The fourth-order valence-electron chi connectivity index (χ4n) is 1.17. The van der Waals surface area contributed by atoms with Crippen LogP contribution in [-0.2, 0) is 11.2 Å². The van der Waals surface area contributed by atoms with E-state index in [1.807, 2.05) is 16.8 Å². The van der Waals surface area contributed by atoms with E-state index in [1.165, 1.54) is 11.3 Å². The van der Waals surface area contributed by atoms with E-state index in [9.17, 15) is 4.79 Å². The van der Waals surface area contributed by atoms with Gasteiger partial charge in [0.2, 0.25) is 0 Å². The van der Waals surface area contributed by atoms with Gasteiger partial charge in [-0.3, -0.25) is 9.20 Å². The summed E-state index contributed by atoms with van der Waals surface area (Å²) < 4.78 is 2.91. The topological polar surface area (TPSA) is 54.6 Å². The van der Waals surface area contributed by atoms with E-state index in [1.54, 1.807) is 0 Å². The van der Waals surface area contributed by atoms with E-state index in [0.29, 0.717) is 6.42 Å². The smallest absolute Gasteiger partial charge is 0.303 e. The average Bonchev–Trinajstić information content (AvgIpc) is 2.57. The molecule has 1 N–H and O–H groups in total. The lowest BCUT2D eigenvalue weighted by atomic mass is 10.2. The number of carboxylic acids is 1. The first kappa shape index (κ1) is 9.67. The molecule has 2 aromatic heterocycles. The van der Waals surface area contributed by atoms with Gasteiger partial charge in [-0.1, -0.05) is 11.3 Å². The lowest BCUT2D eigenvalue weighted by Gasteiger charge is -1.89. The van der Waals surface area contributed by atoms with Crippen LogP contribution in [-0.4, -0.2) is 20.5 Å². The van der Waals surface area contributed by atoms with E-state index in [0.717, 1.165) is 14.4 Å². The van der Waals surface area contributed by atoms with Gasteiger partial charge in [0.1, 0.15) is 0 Å². The van der Waals surface area contributed by atoms with E-state index in [-0.39, 0.29) is 6.42 Å². The molecule has 0 amide bonds. The summed E-state index contributed by atoms with van der Waals surface area (Å²) in [5.41, 5.74) is 0.825. The quantitative estimate of drug-likeness (QED) is 0.934. The van der Waals surface area contributed by atoms with Gasteiger partial charge in [-0.05, 0) is 15.9 Å². The summed E-state index contributed by atoms with van der Waals surface area (Å²) >= 11 is 4.88. The first-order chi connectivity index (χ1) is 6.65. The third-order valence-corrected chi connectivity index (χ3v) is 3.25. The van der Waals surface area contributed by atoms with Gasteiger partial charge < -0.3 is 5.11 Å². The molecule has 0 aliphatic heterocycles. The summed E-state index contributed by atoms with van der Waals surface area (Å²) in [5.74, 6) is -0.789. The second kappa shape index (κ2) is 3.70. The van der Waals surface area contributed by atoms with Crippen molar-refractivity contribution in [3.05, 3.63) is 21.9 Å². The van der Waals surface area contributed by atoms with Crippen LogP contribution in [0.4, 0.5) is 0 Å². The predicted octanol–water partition coefficient (Wildman–Crippen LogP) is 2.18. The first-order valence-electron chi connectivity index (χ1n) is 4.00. The first-order valence-corrected chi connectivity index (χ1v) is 5.61. The fraction of sp³-hybridized carbons (Fsp3) is 0.250. The molecule has 0 fully saturated rings. The number of fused-ring (bicyclic) bond motifs is 1. The number of aryl methyl sites for hydroxylation is 1. The number of carbonyl (C=O) groups is 1. The molecule has 0 aliphatic rings. The Kier molecular flexibility index (Phi) is 2.56. The number of hydrogen-bond acceptors (Lipinski definition) is 3. The number of halogens is 1. The van der Waals surface area contributed by atoms with Gasteiger partial charge >= 0.3 is 5.97 Å². The van der Waals surface area contributed by atoms with Crippen molar-refractivity contribution < 1.29 is 9.90 Å². The van der Waals surface area contributed by atoms with Crippen LogP contribution in [0.2, 0.25) is 0 Å². The molecule has 4 nitrogen and oxygen atoms in total. The van der Waals surface area contributed by atoms with Gasteiger partial charge in [-0.15, -0.1) is 0 Å². The average molecular weight is 275 g/mol.